The lowest BCUT2D eigenvalue weighted by atomic mass is 10.4. The number of halogens is 2. The molecule has 11 heavy (non-hydrogen) atoms. The zero-order valence-corrected chi connectivity index (χ0v) is 8.16. The average molecular weight is 198 g/mol. The minimum absolute atomic E-state index is 0.292. The molecule has 0 aromatic rings. The van der Waals surface area contributed by atoms with Crippen LogP contribution in [0.3, 0.4) is 0 Å². The van der Waals surface area contributed by atoms with Crippen LogP contribution in [-0.4, -0.2) is 36.2 Å². The molecule has 0 spiro atoms. The molecule has 0 saturated carbocycles. The standard InChI is InChI=1S/C5H9NO.C2H4Cl2/c1-6-4-2-3-5(6)7;3-1-2-4/h2-4H2,1H3;1-2H2. The number of rotatable bonds is 1. The second kappa shape index (κ2) is 6.74. The number of likely N-dealkylation sites (tertiary alicyclic amines) is 1. The van der Waals surface area contributed by atoms with E-state index >= 15 is 0 Å². The first-order valence-electron chi connectivity index (χ1n) is 3.58. The van der Waals surface area contributed by atoms with Crippen LogP contribution < -0.4 is 0 Å². The summed E-state index contributed by atoms with van der Waals surface area (Å²) in [6.07, 6.45) is 1.81. The van der Waals surface area contributed by atoms with E-state index < -0.39 is 0 Å². The largest absolute Gasteiger partial charge is 0.346 e. The van der Waals surface area contributed by atoms with Gasteiger partial charge in [0.2, 0.25) is 5.91 Å². The third-order valence-electron chi connectivity index (χ3n) is 1.38. The maximum Gasteiger partial charge on any atom is 0.222 e. The summed E-state index contributed by atoms with van der Waals surface area (Å²) in [6, 6.07) is 0. The molecule has 1 saturated heterocycles. The lowest BCUT2D eigenvalue weighted by molar-refractivity contribution is -0.126. The van der Waals surface area contributed by atoms with Gasteiger partial charge in [0.05, 0.1) is 0 Å². The maximum absolute atomic E-state index is 10.5. The van der Waals surface area contributed by atoms with Gasteiger partial charge in [0, 0.05) is 31.8 Å². The summed E-state index contributed by atoms with van der Waals surface area (Å²) in [4.78, 5) is 12.3. The van der Waals surface area contributed by atoms with Crippen molar-refractivity contribution in [2.24, 2.45) is 0 Å². The van der Waals surface area contributed by atoms with Gasteiger partial charge in [0.1, 0.15) is 0 Å². The van der Waals surface area contributed by atoms with Crippen molar-refractivity contribution in [3.8, 4) is 0 Å². The fraction of sp³-hybridized carbons (Fsp3) is 0.857. The normalized spacial score (nSPS) is 16.3. The van der Waals surface area contributed by atoms with E-state index in [0.717, 1.165) is 19.4 Å². The van der Waals surface area contributed by atoms with Gasteiger partial charge in [-0.1, -0.05) is 0 Å². The molecule has 0 bridgehead atoms. The Labute approximate surface area is 77.5 Å². The highest BCUT2D eigenvalue weighted by Crippen LogP contribution is 2.04. The van der Waals surface area contributed by atoms with Gasteiger partial charge in [-0.2, -0.15) is 0 Å². The van der Waals surface area contributed by atoms with E-state index in [-0.39, 0.29) is 0 Å². The summed E-state index contributed by atoms with van der Waals surface area (Å²) in [5, 5.41) is 0. The van der Waals surface area contributed by atoms with Crippen LogP contribution in [0.5, 0.6) is 0 Å². The highest BCUT2D eigenvalue weighted by atomic mass is 35.5. The summed E-state index contributed by atoms with van der Waals surface area (Å²) in [7, 11) is 1.84. The van der Waals surface area contributed by atoms with Crippen molar-refractivity contribution in [1.82, 2.24) is 4.90 Å². The van der Waals surface area contributed by atoms with Crippen molar-refractivity contribution in [3.63, 3.8) is 0 Å². The molecule has 4 heteroatoms. The van der Waals surface area contributed by atoms with Gasteiger partial charge >= 0.3 is 0 Å². The topological polar surface area (TPSA) is 20.3 Å². The maximum atomic E-state index is 10.5. The summed E-state index contributed by atoms with van der Waals surface area (Å²) in [5.74, 6) is 1.41. The van der Waals surface area contributed by atoms with E-state index in [0.29, 0.717) is 17.7 Å². The van der Waals surface area contributed by atoms with Crippen LogP contribution in [0.15, 0.2) is 0 Å². The Kier molecular flexibility index (Phi) is 6.77. The number of carbonyl (C=O) groups is 1. The van der Waals surface area contributed by atoms with Crippen LogP contribution in [-0.2, 0) is 4.79 Å². The first-order chi connectivity index (χ1) is 5.22. The van der Waals surface area contributed by atoms with Gasteiger partial charge < -0.3 is 4.90 Å². The Morgan fingerprint density at radius 2 is 2.00 bits per heavy atom. The fourth-order valence-corrected chi connectivity index (χ4v) is 0.783. The van der Waals surface area contributed by atoms with Gasteiger partial charge in [0.25, 0.3) is 0 Å². The third-order valence-corrected chi connectivity index (χ3v) is 1.95. The molecule has 0 radical (unpaired) electrons. The number of nitrogens with zero attached hydrogens (tertiary/aromatic N) is 1. The zero-order chi connectivity index (χ0) is 8.69. The molecule has 1 fully saturated rings. The summed E-state index contributed by atoms with van der Waals surface area (Å²) in [6.45, 7) is 0.957. The van der Waals surface area contributed by atoms with Crippen molar-refractivity contribution in [2.45, 2.75) is 12.8 Å². The number of carbonyl (C=O) groups excluding carboxylic acids is 1. The first kappa shape index (κ1) is 11.1. The van der Waals surface area contributed by atoms with E-state index in [4.69, 9.17) is 23.2 Å². The SMILES string of the molecule is CN1CCCC1=O.ClCCCl. The molecule has 66 valence electrons. The van der Waals surface area contributed by atoms with Crippen LogP contribution >= 0.6 is 23.2 Å². The minimum atomic E-state index is 0.292. The molecule has 0 unspecified atom stereocenters. The van der Waals surface area contributed by atoms with Gasteiger partial charge in [-0.05, 0) is 6.42 Å². The Morgan fingerprint density at radius 3 is 2.09 bits per heavy atom. The molecule has 0 aromatic heterocycles. The molecule has 0 N–H and O–H groups in total. The third kappa shape index (κ3) is 5.33. The molecule has 1 rings (SSSR count). The van der Waals surface area contributed by atoms with Crippen LogP contribution in [0.4, 0.5) is 0 Å². The van der Waals surface area contributed by atoms with Crippen LogP contribution in [0.2, 0.25) is 0 Å². The number of hydrogen-bond donors (Lipinski definition) is 0. The summed E-state index contributed by atoms with van der Waals surface area (Å²) >= 11 is 10.1. The molecule has 1 heterocycles. The van der Waals surface area contributed by atoms with Crippen LogP contribution in [0.25, 0.3) is 0 Å². The molecular formula is C7H13Cl2NO. The molecular weight excluding hydrogens is 185 g/mol. The number of hydrogen-bond acceptors (Lipinski definition) is 1. The number of alkyl halides is 2. The van der Waals surface area contributed by atoms with E-state index in [1.54, 1.807) is 4.90 Å². The lowest BCUT2D eigenvalue weighted by Crippen LogP contribution is -2.17. The van der Waals surface area contributed by atoms with E-state index in [1.807, 2.05) is 7.05 Å². The Balaban J connectivity index is 0.000000218. The summed E-state index contributed by atoms with van der Waals surface area (Å²) in [5.41, 5.74) is 0. The van der Waals surface area contributed by atoms with Crippen molar-refractivity contribution in [2.75, 3.05) is 25.4 Å². The van der Waals surface area contributed by atoms with E-state index in [9.17, 15) is 4.79 Å². The van der Waals surface area contributed by atoms with Gasteiger partial charge in [-0.3, -0.25) is 4.79 Å². The lowest BCUT2D eigenvalue weighted by Gasteiger charge is -2.03. The molecule has 0 aromatic carbocycles. The molecule has 1 amide bonds. The number of amides is 1. The molecule has 2 nitrogen and oxygen atoms in total. The van der Waals surface area contributed by atoms with Crippen molar-refractivity contribution in [3.05, 3.63) is 0 Å². The van der Waals surface area contributed by atoms with Crippen molar-refractivity contribution < 1.29 is 4.79 Å². The molecule has 0 aliphatic carbocycles. The average Bonchev–Trinajstić information content (AvgIpc) is 2.37. The van der Waals surface area contributed by atoms with Gasteiger partial charge in [-0.15, -0.1) is 23.2 Å². The van der Waals surface area contributed by atoms with Gasteiger partial charge in [0.15, 0.2) is 0 Å². The second-order valence-corrected chi connectivity index (χ2v) is 3.05. The minimum Gasteiger partial charge on any atom is -0.346 e. The highest BCUT2D eigenvalue weighted by Gasteiger charge is 2.14. The molecule has 1 aliphatic heterocycles. The molecule has 1 aliphatic rings. The smallest absolute Gasteiger partial charge is 0.222 e. The Bertz CT molecular complexity index is 117. The Hall–Kier alpha value is 0.0500. The van der Waals surface area contributed by atoms with Crippen molar-refractivity contribution in [1.29, 1.82) is 0 Å². The quantitative estimate of drug-likeness (QED) is 0.587. The van der Waals surface area contributed by atoms with Crippen LogP contribution in [0.1, 0.15) is 12.8 Å². The highest BCUT2D eigenvalue weighted by molar-refractivity contribution is 6.25. The van der Waals surface area contributed by atoms with E-state index in [2.05, 4.69) is 0 Å². The van der Waals surface area contributed by atoms with E-state index in [1.165, 1.54) is 0 Å². The zero-order valence-electron chi connectivity index (χ0n) is 6.65. The van der Waals surface area contributed by atoms with Gasteiger partial charge in [-0.25, -0.2) is 0 Å². The second-order valence-electron chi connectivity index (χ2n) is 2.30. The predicted molar refractivity (Wildman–Crippen MR) is 48.3 cm³/mol. The van der Waals surface area contributed by atoms with Crippen molar-refractivity contribution >= 4 is 29.1 Å². The monoisotopic (exact) mass is 197 g/mol. The first-order valence-corrected chi connectivity index (χ1v) is 4.65. The summed E-state index contributed by atoms with van der Waals surface area (Å²) < 4.78 is 0. The predicted octanol–water partition coefficient (Wildman–Crippen LogP) is 1.70. The fourth-order valence-electron chi connectivity index (χ4n) is 0.783. The molecule has 0 atom stereocenters. The Morgan fingerprint density at radius 1 is 1.45 bits per heavy atom. The van der Waals surface area contributed by atoms with Crippen LogP contribution in [0, 0.1) is 0 Å².